The number of hydrogen-bond donors (Lipinski definition) is 1. The predicted octanol–water partition coefficient (Wildman–Crippen LogP) is 2.00. The van der Waals surface area contributed by atoms with Gasteiger partial charge in [-0.1, -0.05) is 19.8 Å². The molecule has 0 bridgehead atoms. The summed E-state index contributed by atoms with van der Waals surface area (Å²) < 4.78 is 5.41. The van der Waals surface area contributed by atoms with E-state index in [1.54, 1.807) is 0 Å². The zero-order valence-corrected chi connectivity index (χ0v) is 11.2. The van der Waals surface area contributed by atoms with E-state index in [1.165, 1.54) is 25.8 Å². The maximum atomic E-state index is 6.34. The first kappa shape index (κ1) is 13.9. The summed E-state index contributed by atoms with van der Waals surface area (Å²) in [6.45, 7) is 10.5. The molecule has 1 unspecified atom stereocenters. The van der Waals surface area contributed by atoms with Gasteiger partial charge in [-0.3, -0.25) is 4.90 Å². The van der Waals surface area contributed by atoms with Crippen LogP contribution in [-0.4, -0.2) is 42.8 Å². The molecular formula is C13H28N2O. The lowest BCUT2D eigenvalue weighted by molar-refractivity contribution is 0.135. The fourth-order valence-electron chi connectivity index (χ4n) is 2.24. The van der Waals surface area contributed by atoms with E-state index in [4.69, 9.17) is 10.5 Å². The number of nitrogens with zero attached hydrogens (tertiary/aromatic N) is 1. The number of rotatable bonds is 7. The molecule has 1 atom stereocenters. The molecule has 1 fully saturated rings. The molecule has 0 saturated carbocycles. The van der Waals surface area contributed by atoms with Crippen molar-refractivity contribution in [1.82, 2.24) is 4.90 Å². The molecule has 1 aliphatic heterocycles. The van der Waals surface area contributed by atoms with Crippen molar-refractivity contribution in [3.8, 4) is 0 Å². The van der Waals surface area contributed by atoms with Crippen molar-refractivity contribution in [2.75, 3.05) is 26.3 Å². The Balaban J connectivity index is 2.37. The first-order valence-corrected chi connectivity index (χ1v) is 6.68. The van der Waals surface area contributed by atoms with E-state index >= 15 is 0 Å². The van der Waals surface area contributed by atoms with Crippen LogP contribution in [0.5, 0.6) is 0 Å². The van der Waals surface area contributed by atoms with Gasteiger partial charge in [0.15, 0.2) is 0 Å². The average molecular weight is 228 g/mol. The van der Waals surface area contributed by atoms with Gasteiger partial charge < -0.3 is 10.5 Å². The highest BCUT2D eigenvalue weighted by Gasteiger charge is 2.32. The van der Waals surface area contributed by atoms with Gasteiger partial charge in [0.05, 0.1) is 12.1 Å². The zero-order valence-electron chi connectivity index (χ0n) is 11.2. The molecule has 1 heterocycles. The molecule has 96 valence electrons. The summed E-state index contributed by atoms with van der Waals surface area (Å²) in [7, 11) is 0. The molecule has 1 saturated heterocycles. The fourth-order valence-corrected chi connectivity index (χ4v) is 2.24. The largest absolute Gasteiger partial charge is 0.379 e. The topological polar surface area (TPSA) is 38.5 Å². The van der Waals surface area contributed by atoms with Crippen molar-refractivity contribution >= 4 is 0 Å². The normalized spacial score (nSPS) is 25.9. The minimum Gasteiger partial charge on any atom is -0.379 e. The Morgan fingerprint density at radius 2 is 2.12 bits per heavy atom. The van der Waals surface area contributed by atoms with Crippen LogP contribution < -0.4 is 5.73 Å². The summed E-state index contributed by atoms with van der Waals surface area (Å²) in [5.74, 6) is 0. The maximum Gasteiger partial charge on any atom is 0.0659 e. The first-order valence-electron chi connectivity index (χ1n) is 6.68. The monoisotopic (exact) mass is 228 g/mol. The Labute approximate surface area is 100 Å². The summed E-state index contributed by atoms with van der Waals surface area (Å²) >= 11 is 0. The quantitative estimate of drug-likeness (QED) is 0.677. The molecule has 0 aromatic heterocycles. The van der Waals surface area contributed by atoms with Gasteiger partial charge >= 0.3 is 0 Å². The van der Waals surface area contributed by atoms with E-state index in [1.807, 2.05) is 0 Å². The number of ether oxygens (including phenoxy) is 1. The second kappa shape index (κ2) is 6.58. The number of unbranched alkanes of at least 4 members (excludes halogenated alkanes) is 2. The van der Waals surface area contributed by atoms with Crippen LogP contribution in [0.1, 0.15) is 46.5 Å². The SMILES string of the molecule is CCCCCN(CC1(N)CCOC1)C(C)C. The van der Waals surface area contributed by atoms with Crippen molar-refractivity contribution in [1.29, 1.82) is 0 Å². The molecule has 1 aliphatic rings. The van der Waals surface area contributed by atoms with Crippen LogP contribution in [0.2, 0.25) is 0 Å². The van der Waals surface area contributed by atoms with Gasteiger partial charge in [-0.05, 0) is 33.2 Å². The molecule has 0 radical (unpaired) electrons. The lowest BCUT2D eigenvalue weighted by Crippen LogP contribution is -2.52. The second-order valence-corrected chi connectivity index (χ2v) is 5.44. The molecular weight excluding hydrogens is 200 g/mol. The molecule has 0 amide bonds. The lowest BCUT2D eigenvalue weighted by atomic mass is 9.98. The third-order valence-electron chi connectivity index (χ3n) is 3.43. The Morgan fingerprint density at radius 1 is 1.38 bits per heavy atom. The summed E-state index contributed by atoms with van der Waals surface area (Å²) in [5.41, 5.74) is 6.23. The zero-order chi connectivity index (χ0) is 12.0. The molecule has 0 aliphatic carbocycles. The minimum absolute atomic E-state index is 0.101. The van der Waals surface area contributed by atoms with Crippen LogP contribution in [-0.2, 0) is 4.74 Å². The Bertz CT molecular complexity index is 188. The molecule has 1 rings (SSSR count). The summed E-state index contributed by atoms with van der Waals surface area (Å²) in [4.78, 5) is 2.50. The summed E-state index contributed by atoms with van der Waals surface area (Å²) in [6.07, 6.45) is 4.88. The Kier molecular flexibility index (Phi) is 5.73. The first-order chi connectivity index (χ1) is 7.57. The van der Waals surface area contributed by atoms with Gasteiger partial charge in [0, 0.05) is 19.2 Å². The van der Waals surface area contributed by atoms with Crippen LogP contribution >= 0.6 is 0 Å². The van der Waals surface area contributed by atoms with Crippen LogP contribution in [0, 0.1) is 0 Å². The van der Waals surface area contributed by atoms with Gasteiger partial charge in [-0.15, -0.1) is 0 Å². The van der Waals surface area contributed by atoms with Crippen LogP contribution in [0.25, 0.3) is 0 Å². The number of nitrogens with two attached hydrogens (primary N) is 1. The van der Waals surface area contributed by atoms with Gasteiger partial charge in [-0.25, -0.2) is 0 Å². The lowest BCUT2D eigenvalue weighted by Gasteiger charge is -2.34. The molecule has 16 heavy (non-hydrogen) atoms. The van der Waals surface area contributed by atoms with E-state index < -0.39 is 0 Å². The average Bonchev–Trinajstić information content (AvgIpc) is 2.64. The molecule has 0 aromatic carbocycles. The molecule has 3 heteroatoms. The summed E-state index contributed by atoms with van der Waals surface area (Å²) in [6, 6.07) is 0.581. The van der Waals surface area contributed by atoms with Crippen molar-refractivity contribution in [3.05, 3.63) is 0 Å². The van der Waals surface area contributed by atoms with E-state index in [0.29, 0.717) is 6.04 Å². The predicted molar refractivity (Wildman–Crippen MR) is 68.6 cm³/mol. The minimum atomic E-state index is -0.101. The van der Waals surface area contributed by atoms with Crippen LogP contribution in [0.15, 0.2) is 0 Å². The van der Waals surface area contributed by atoms with E-state index in [2.05, 4.69) is 25.7 Å². The van der Waals surface area contributed by atoms with Gasteiger partial charge in [0.2, 0.25) is 0 Å². The highest BCUT2D eigenvalue weighted by atomic mass is 16.5. The standard InChI is InChI=1S/C13H28N2O/c1-4-5-6-8-15(12(2)3)10-13(14)7-9-16-11-13/h12H,4-11,14H2,1-3H3. The Morgan fingerprint density at radius 3 is 2.62 bits per heavy atom. The smallest absolute Gasteiger partial charge is 0.0659 e. The van der Waals surface area contributed by atoms with Gasteiger partial charge in [-0.2, -0.15) is 0 Å². The van der Waals surface area contributed by atoms with E-state index in [9.17, 15) is 0 Å². The number of hydrogen-bond acceptors (Lipinski definition) is 3. The second-order valence-electron chi connectivity index (χ2n) is 5.44. The van der Waals surface area contributed by atoms with Crippen molar-refractivity contribution < 1.29 is 4.74 Å². The van der Waals surface area contributed by atoms with Crippen molar-refractivity contribution in [3.63, 3.8) is 0 Å². The van der Waals surface area contributed by atoms with E-state index in [0.717, 1.165) is 26.2 Å². The summed E-state index contributed by atoms with van der Waals surface area (Å²) in [5, 5.41) is 0. The molecule has 2 N–H and O–H groups in total. The van der Waals surface area contributed by atoms with Crippen LogP contribution in [0.3, 0.4) is 0 Å². The van der Waals surface area contributed by atoms with Gasteiger partial charge in [0.25, 0.3) is 0 Å². The third-order valence-corrected chi connectivity index (χ3v) is 3.43. The van der Waals surface area contributed by atoms with Crippen molar-refractivity contribution in [2.24, 2.45) is 5.73 Å². The molecule has 0 aromatic rings. The Hall–Kier alpha value is -0.120. The maximum absolute atomic E-state index is 6.34. The van der Waals surface area contributed by atoms with Crippen molar-refractivity contribution in [2.45, 2.75) is 58.0 Å². The van der Waals surface area contributed by atoms with Crippen LogP contribution in [0.4, 0.5) is 0 Å². The highest BCUT2D eigenvalue weighted by molar-refractivity contribution is 4.91. The molecule has 3 nitrogen and oxygen atoms in total. The molecule has 0 spiro atoms. The van der Waals surface area contributed by atoms with Gasteiger partial charge in [0.1, 0.15) is 0 Å². The highest BCUT2D eigenvalue weighted by Crippen LogP contribution is 2.18. The third kappa shape index (κ3) is 4.40. The fraction of sp³-hybridized carbons (Fsp3) is 1.00. The van der Waals surface area contributed by atoms with E-state index in [-0.39, 0.29) is 5.54 Å².